The molecule has 3 amide bonds. The van der Waals surface area contributed by atoms with Crippen LogP contribution < -0.4 is 0 Å². The van der Waals surface area contributed by atoms with Crippen LogP contribution in [0, 0.1) is 0 Å². The molecule has 0 aromatic heterocycles. The average Bonchev–Trinajstić information content (AvgIpc) is 2.84. The average molecular weight is 358 g/mol. The van der Waals surface area contributed by atoms with Crippen molar-refractivity contribution < 1.29 is 23.9 Å². The van der Waals surface area contributed by atoms with Gasteiger partial charge in [0, 0.05) is 12.6 Å². The van der Waals surface area contributed by atoms with Gasteiger partial charge in [0.1, 0.15) is 12.1 Å². The van der Waals surface area contributed by atoms with E-state index in [9.17, 15) is 19.2 Å². The summed E-state index contributed by atoms with van der Waals surface area (Å²) in [6.45, 7) is -0.883. The van der Waals surface area contributed by atoms with Crippen molar-refractivity contribution in [2.24, 2.45) is 0 Å². The highest BCUT2D eigenvalue weighted by Gasteiger charge is 2.55. The zero-order valence-electron chi connectivity index (χ0n) is 14.8. The molecule has 2 fully saturated rings. The molecule has 0 bridgehead atoms. The Balaban J connectivity index is 1.59. The third-order valence-corrected chi connectivity index (χ3v) is 5.23. The van der Waals surface area contributed by atoms with Crippen molar-refractivity contribution in [3.8, 4) is 0 Å². The summed E-state index contributed by atoms with van der Waals surface area (Å²) in [6.07, 6.45) is 4.04. The van der Waals surface area contributed by atoms with Gasteiger partial charge in [0.05, 0.1) is 0 Å². The molecule has 1 saturated carbocycles. The van der Waals surface area contributed by atoms with E-state index in [-0.39, 0.29) is 11.7 Å². The number of benzene rings is 1. The standard InChI is InChI=1S/C19H22N2O5/c1-20-18(25)21(17(24)19(20)10-6-3-7-11-19)12-16(23)26-13-15(22)14-8-4-2-5-9-14/h2,4-5,8-9H,3,6-7,10-13H2,1H3. The molecule has 1 spiro atoms. The maximum absolute atomic E-state index is 12.8. The first-order valence-corrected chi connectivity index (χ1v) is 8.79. The normalized spacial score (nSPS) is 19.1. The Morgan fingerprint density at radius 1 is 1.08 bits per heavy atom. The van der Waals surface area contributed by atoms with Gasteiger partial charge >= 0.3 is 12.0 Å². The number of amides is 3. The predicted octanol–water partition coefficient (Wildman–Crippen LogP) is 2.01. The van der Waals surface area contributed by atoms with Crippen LogP contribution in [0.3, 0.4) is 0 Å². The molecule has 0 N–H and O–H groups in total. The highest BCUT2D eigenvalue weighted by molar-refractivity contribution is 6.08. The highest BCUT2D eigenvalue weighted by atomic mass is 16.5. The zero-order chi connectivity index (χ0) is 18.7. The van der Waals surface area contributed by atoms with Crippen LogP contribution in [0.1, 0.15) is 42.5 Å². The third-order valence-electron chi connectivity index (χ3n) is 5.23. The molecular weight excluding hydrogens is 336 g/mol. The van der Waals surface area contributed by atoms with Crippen molar-refractivity contribution in [2.45, 2.75) is 37.6 Å². The number of carbonyl (C=O) groups is 4. The van der Waals surface area contributed by atoms with Crippen molar-refractivity contribution in [1.82, 2.24) is 9.80 Å². The lowest BCUT2D eigenvalue weighted by molar-refractivity contribution is -0.147. The van der Waals surface area contributed by atoms with E-state index in [2.05, 4.69) is 0 Å². The zero-order valence-corrected chi connectivity index (χ0v) is 14.8. The van der Waals surface area contributed by atoms with Crippen LogP contribution in [0.4, 0.5) is 4.79 Å². The molecule has 1 aliphatic carbocycles. The topological polar surface area (TPSA) is 84.0 Å². The number of urea groups is 1. The molecule has 1 aromatic carbocycles. The van der Waals surface area contributed by atoms with E-state index in [0.29, 0.717) is 18.4 Å². The second-order valence-electron chi connectivity index (χ2n) is 6.78. The van der Waals surface area contributed by atoms with E-state index in [1.807, 2.05) is 0 Å². The summed E-state index contributed by atoms with van der Waals surface area (Å²) in [5.41, 5.74) is -0.385. The van der Waals surface area contributed by atoms with Crippen LogP contribution in [-0.2, 0) is 14.3 Å². The summed E-state index contributed by atoms with van der Waals surface area (Å²) in [5.74, 6) is -1.44. The molecule has 138 valence electrons. The van der Waals surface area contributed by atoms with Gasteiger partial charge in [0.15, 0.2) is 12.4 Å². The minimum atomic E-state index is -0.824. The van der Waals surface area contributed by atoms with Gasteiger partial charge in [-0.15, -0.1) is 0 Å². The van der Waals surface area contributed by atoms with Crippen molar-refractivity contribution in [3.05, 3.63) is 35.9 Å². The number of nitrogens with zero attached hydrogens (tertiary/aromatic N) is 2. The smallest absolute Gasteiger partial charge is 0.327 e. The third kappa shape index (κ3) is 3.21. The minimum absolute atomic E-state index is 0.334. The SMILES string of the molecule is CN1C(=O)N(CC(=O)OCC(=O)c2ccccc2)C(=O)C12CCCCC2. The Kier molecular flexibility index (Phi) is 5.06. The molecular formula is C19H22N2O5. The Morgan fingerprint density at radius 3 is 2.38 bits per heavy atom. The lowest BCUT2D eigenvalue weighted by atomic mass is 9.81. The molecule has 0 unspecified atom stereocenters. The first-order valence-electron chi connectivity index (χ1n) is 8.79. The highest BCUT2D eigenvalue weighted by Crippen LogP contribution is 2.39. The number of imide groups is 1. The number of ether oxygens (including phenoxy) is 1. The second-order valence-corrected chi connectivity index (χ2v) is 6.78. The Bertz CT molecular complexity index is 725. The summed E-state index contributed by atoms with van der Waals surface area (Å²) in [7, 11) is 1.61. The summed E-state index contributed by atoms with van der Waals surface area (Å²) < 4.78 is 4.97. The van der Waals surface area contributed by atoms with Crippen molar-refractivity contribution in [3.63, 3.8) is 0 Å². The number of ketones is 1. The van der Waals surface area contributed by atoms with Crippen LogP contribution in [0.2, 0.25) is 0 Å². The van der Waals surface area contributed by atoms with E-state index >= 15 is 0 Å². The Morgan fingerprint density at radius 2 is 1.73 bits per heavy atom. The van der Waals surface area contributed by atoms with E-state index < -0.39 is 30.7 Å². The molecule has 26 heavy (non-hydrogen) atoms. The molecule has 1 saturated heterocycles. The number of rotatable bonds is 5. The van der Waals surface area contributed by atoms with Gasteiger partial charge in [0.25, 0.3) is 5.91 Å². The van der Waals surface area contributed by atoms with E-state index in [0.717, 1.165) is 24.2 Å². The fourth-order valence-electron chi connectivity index (χ4n) is 3.70. The molecule has 1 heterocycles. The first-order chi connectivity index (χ1) is 12.5. The monoisotopic (exact) mass is 358 g/mol. The van der Waals surface area contributed by atoms with Gasteiger partial charge in [-0.2, -0.15) is 0 Å². The molecule has 2 aliphatic rings. The molecule has 7 heteroatoms. The van der Waals surface area contributed by atoms with Crippen LogP contribution in [0.25, 0.3) is 0 Å². The van der Waals surface area contributed by atoms with Crippen LogP contribution >= 0.6 is 0 Å². The van der Waals surface area contributed by atoms with Crippen molar-refractivity contribution >= 4 is 23.7 Å². The lowest BCUT2D eigenvalue weighted by Gasteiger charge is -2.35. The Hall–Kier alpha value is -2.70. The number of carbonyl (C=O) groups excluding carboxylic acids is 4. The summed E-state index contributed by atoms with van der Waals surface area (Å²) in [4.78, 5) is 51.7. The lowest BCUT2D eigenvalue weighted by Crippen LogP contribution is -2.49. The molecule has 1 aliphatic heterocycles. The number of hydrogen-bond acceptors (Lipinski definition) is 5. The minimum Gasteiger partial charge on any atom is -0.456 e. The summed E-state index contributed by atoms with van der Waals surface area (Å²) >= 11 is 0. The van der Waals surface area contributed by atoms with Gasteiger partial charge in [0.2, 0.25) is 0 Å². The van der Waals surface area contributed by atoms with Gasteiger partial charge in [-0.3, -0.25) is 19.3 Å². The fourth-order valence-corrected chi connectivity index (χ4v) is 3.70. The van der Waals surface area contributed by atoms with Crippen LogP contribution in [0.15, 0.2) is 30.3 Å². The Labute approximate surface area is 151 Å². The summed E-state index contributed by atoms with van der Waals surface area (Å²) in [6, 6.07) is 8.00. The number of likely N-dealkylation sites (N-methyl/N-ethyl adjacent to an activating group) is 1. The van der Waals surface area contributed by atoms with E-state index in [1.165, 1.54) is 4.90 Å². The largest absolute Gasteiger partial charge is 0.456 e. The molecule has 7 nitrogen and oxygen atoms in total. The first kappa shape index (κ1) is 18.1. The second kappa shape index (κ2) is 7.27. The van der Waals surface area contributed by atoms with Crippen molar-refractivity contribution in [1.29, 1.82) is 0 Å². The molecule has 0 radical (unpaired) electrons. The van der Waals surface area contributed by atoms with Crippen LogP contribution in [0.5, 0.6) is 0 Å². The number of Topliss-reactive ketones (excluding diaryl/α,β-unsaturated/α-hetero) is 1. The van der Waals surface area contributed by atoms with E-state index in [4.69, 9.17) is 4.74 Å². The molecule has 1 aromatic rings. The van der Waals surface area contributed by atoms with E-state index in [1.54, 1.807) is 37.4 Å². The van der Waals surface area contributed by atoms with Gasteiger partial charge in [-0.1, -0.05) is 49.6 Å². The predicted molar refractivity (Wildman–Crippen MR) is 92.4 cm³/mol. The maximum atomic E-state index is 12.8. The summed E-state index contributed by atoms with van der Waals surface area (Å²) in [5, 5.41) is 0. The van der Waals surface area contributed by atoms with Gasteiger partial charge in [-0.05, 0) is 12.8 Å². The molecule has 3 rings (SSSR count). The van der Waals surface area contributed by atoms with Gasteiger partial charge in [-0.25, -0.2) is 4.79 Å². The maximum Gasteiger partial charge on any atom is 0.327 e. The number of esters is 1. The fraction of sp³-hybridized carbons (Fsp3) is 0.474. The number of hydrogen-bond donors (Lipinski definition) is 0. The van der Waals surface area contributed by atoms with Crippen LogP contribution in [-0.4, -0.2) is 59.2 Å². The quantitative estimate of drug-likeness (QED) is 0.457. The van der Waals surface area contributed by atoms with Gasteiger partial charge < -0.3 is 9.64 Å². The molecule has 0 atom stereocenters. The van der Waals surface area contributed by atoms with Crippen molar-refractivity contribution in [2.75, 3.05) is 20.2 Å².